The number of hydrogen-bond acceptors (Lipinski definition) is 6. The number of thioether (sulfide) groups is 1. The zero-order valence-corrected chi connectivity index (χ0v) is 18.0. The van der Waals surface area contributed by atoms with Gasteiger partial charge in [0, 0.05) is 23.8 Å². The molecule has 0 bridgehead atoms. The highest BCUT2D eigenvalue weighted by molar-refractivity contribution is 8.18. The second kappa shape index (κ2) is 8.40. The first-order chi connectivity index (χ1) is 16.0. The molecule has 0 N–H and O–H groups in total. The van der Waals surface area contributed by atoms with Crippen LogP contribution in [0.1, 0.15) is 11.3 Å². The number of nitro groups is 1. The van der Waals surface area contributed by atoms with Gasteiger partial charge in [0.2, 0.25) is 0 Å². The van der Waals surface area contributed by atoms with E-state index in [4.69, 9.17) is 4.42 Å². The maximum absolute atomic E-state index is 12.9. The van der Waals surface area contributed by atoms with E-state index in [1.807, 2.05) is 42.5 Å². The molecule has 3 aromatic carbocycles. The van der Waals surface area contributed by atoms with Crippen LogP contribution in [0.2, 0.25) is 0 Å². The molecule has 33 heavy (non-hydrogen) atoms. The average molecular weight is 456 g/mol. The minimum atomic E-state index is -0.467. The zero-order chi connectivity index (χ0) is 22.9. The fourth-order valence-electron chi connectivity index (χ4n) is 3.70. The van der Waals surface area contributed by atoms with Gasteiger partial charge in [-0.15, -0.1) is 0 Å². The highest BCUT2D eigenvalue weighted by atomic mass is 32.2. The maximum Gasteiger partial charge on any atom is 0.293 e. The van der Waals surface area contributed by atoms with Crippen molar-refractivity contribution in [3.8, 4) is 11.3 Å². The number of fused-ring (bicyclic) bond motifs is 1. The van der Waals surface area contributed by atoms with E-state index in [2.05, 4.69) is 0 Å². The number of furan rings is 1. The summed E-state index contributed by atoms with van der Waals surface area (Å²) in [6, 6.07) is 23.1. The number of nitro benzene ring substituents is 1. The molecule has 0 radical (unpaired) electrons. The third-order valence-electron chi connectivity index (χ3n) is 5.34. The molecular weight excluding hydrogens is 440 g/mol. The fourth-order valence-corrected chi connectivity index (χ4v) is 4.52. The molecule has 1 fully saturated rings. The lowest BCUT2D eigenvalue weighted by Gasteiger charge is -2.14. The molecule has 0 atom stereocenters. The summed E-state index contributed by atoms with van der Waals surface area (Å²) in [4.78, 5) is 37.4. The molecule has 4 aromatic rings. The minimum absolute atomic E-state index is 0.00889. The van der Waals surface area contributed by atoms with Gasteiger partial charge in [-0.1, -0.05) is 42.5 Å². The lowest BCUT2D eigenvalue weighted by atomic mass is 10.0. The van der Waals surface area contributed by atoms with Gasteiger partial charge in [-0.3, -0.25) is 24.6 Å². The molecule has 1 saturated heterocycles. The molecule has 1 aliphatic heterocycles. The Kier molecular flexibility index (Phi) is 5.27. The van der Waals surface area contributed by atoms with Crippen LogP contribution in [-0.2, 0) is 11.3 Å². The van der Waals surface area contributed by atoms with Gasteiger partial charge in [0.15, 0.2) is 0 Å². The largest absolute Gasteiger partial charge is 0.457 e. The number of benzene rings is 3. The number of amides is 2. The standard InChI is InChI=1S/C25H16N2O5S/c28-24-23(14-20-12-13-22(32-20)17-8-10-19(11-9-17)27(30)31)33-25(29)26(24)15-18-6-3-5-16-4-1-2-7-21(16)18/h1-14H,15H2/b23-14+. The topological polar surface area (TPSA) is 93.7 Å². The zero-order valence-electron chi connectivity index (χ0n) is 17.1. The Balaban J connectivity index is 1.37. The summed E-state index contributed by atoms with van der Waals surface area (Å²) in [7, 11) is 0. The molecule has 1 aliphatic rings. The Bertz CT molecular complexity index is 1430. The van der Waals surface area contributed by atoms with E-state index >= 15 is 0 Å². The van der Waals surface area contributed by atoms with E-state index in [1.165, 1.54) is 17.0 Å². The first-order valence-electron chi connectivity index (χ1n) is 10.1. The number of nitrogens with zero attached hydrogens (tertiary/aromatic N) is 2. The molecule has 2 heterocycles. The lowest BCUT2D eigenvalue weighted by molar-refractivity contribution is -0.384. The summed E-state index contributed by atoms with van der Waals surface area (Å²) in [6.07, 6.45) is 1.54. The fraction of sp³-hybridized carbons (Fsp3) is 0.0400. The van der Waals surface area contributed by atoms with Gasteiger partial charge in [0.05, 0.1) is 16.4 Å². The van der Waals surface area contributed by atoms with E-state index in [0.717, 1.165) is 28.1 Å². The molecule has 5 rings (SSSR count). The molecule has 0 aliphatic carbocycles. The van der Waals surface area contributed by atoms with Crippen molar-refractivity contribution in [2.45, 2.75) is 6.54 Å². The number of non-ortho nitro benzene ring substituents is 1. The minimum Gasteiger partial charge on any atom is -0.457 e. The molecule has 162 valence electrons. The first-order valence-corrected chi connectivity index (χ1v) is 10.9. The maximum atomic E-state index is 12.9. The van der Waals surface area contributed by atoms with E-state index in [-0.39, 0.29) is 28.3 Å². The summed E-state index contributed by atoms with van der Waals surface area (Å²) in [5.74, 6) is 0.552. The van der Waals surface area contributed by atoms with Crippen LogP contribution in [-0.4, -0.2) is 21.0 Å². The summed E-state index contributed by atoms with van der Waals surface area (Å²) in [5, 5.41) is 12.5. The predicted octanol–water partition coefficient (Wildman–Crippen LogP) is 6.24. The predicted molar refractivity (Wildman–Crippen MR) is 126 cm³/mol. The van der Waals surface area contributed by atoms with Crippen molar-refractivity contribution in [2.75, 3.05) is 0 Å². The highest BCUT2D eigenvalue weighted by Crippen LogP contribution is 2.35. The van der Waals surface area contributed by atoms with Gasteiger partial charge in [-0.05, 0) is 52.4 Å². The Hall–Kier alpha value is -4.17. The van der Waals surface area contributed by atoms with Crippen molar-refractivity contribution in [1.29, 1.82) is 0 Å². The average Bonchev–Trinajstić information content (AvgIpc) is 3.39. The van der Waals surface area contributed by atoms with Crippen molar-refractivity contribution in [3.05, 3.63) is 105 Å². The summed E-state index contributed by atoms with van der Waals surface area (Å²) in [6.45, 7) is 0.190. The third-order valence-corrected chi connectivity index (χ3v) is 6.25. The van der Waals surface area contributed by atoms with Gasteiger partial charge < -0.3 is 4.42 Å². The van der Waals surface area contributed by atoms with Crippen LogP contribution in [0.15, 0.2) is 88.2 Å². The Morgan fingerprint density at radius 1 is 0.939 bits per heavy atom. The number of carbonyl (C=O) groups excluding carboxylic acids is 2. The third kappa shape index (κ3) is 4.04. The second-order valence-electron chi connectivity index (χ2n) is 7.41. The molecule has 1 aromatic heterocycles. The van der Waals surface area contributed by atoms with E-state index in [1.54, 1.807) is 30.3 Å². The van der Waals surface area contributed by atoms with E-state index < -0.39 is 4.92 Å². The molecule has 8 heteroatoms. The van der Waals surface area contributed by atoms with Crippen molar-refractivity contribution in [2.24, 2.45) is 0 Å². The SMILES string of the molecule is O=C1S/C(=C/c2ccc(-c3ccc([N+](=O)[O-])cc3)o2)C(=O)N1Cc1cccc2ccccc12. The van der Waals surface area contributed by atoms with Crippen molar-refractivity contribution >= 4 is 45.4 Å². The summed E-state index contributed by atoms with van der Waals surface area (Å²) in [5.41, 5.74) is 1.56. The van der Waals surface area contributed by atoms with Crippen LogP contribution >= 0.6 is 11.8 Å². The van der Waals surface area contributed by atoms with E-state index in [0.29, 0.717) is 17.1 Å². The number of imide groups is 1. The Morgan fingerprint density at radius 2 is 1.70 bits per heavy atom. The highest BCUT2D eigenvalue weighted by Gasteiger charge is 2.35. The van der Waals surface area contributed by atoms with Crippen molar-refractivity contribution in [3.63, 3.8) is 0 Å². The van der Waals surface area contributed by atoms with E-state index in [9.17, 15) is 19.7 Å². The quantitative estimate of drug-likeness (QED) is 0.200. The number of carbonyl (C=O) groups is 2. The van der Waals surface area contributed by atoms with Gasteiger partial charge >= 0.3 is 0 Å². The van der Waals surface area contributed by atoms with Crippen molar-refractivity contribution in [1.82, 2.24) is 4.90 Å². The normalized spacial score (nSPS) is 15.0. The molecular formula is C25H16N2O5S. The molecule has 7 nitrogen and oxygen atoms in total. The molecule has 0 saturated carbocycles. The van der Waals surface area contributed by atoms with Crippen molar-refractivity contribution < 1.29 is 18.9 Å². The Labute approximate surface area is 192 Å². The molecule has 0 spiro atoms. The van der Waals surface area contributed by atoms with Crippen LogP contribution in [0.3, 0.4) is 0 Å². The van der Waals surface area contributed by atoms with Crippen LogP contribution in [0, 0.1) is 10.1 Å². The number of hydrogen-bond donors (Lipinski definition) is 0. The van der Waals surface area contributed by atoms with Gasteiger partial charge in [-0.2, -0.15) is 0 Å². The first kappa shape index (κ1) is 20.7. The monoisotopic (exact) mass is 456 g/mol. The Morgan fingerprint density at radius 3 is 2.48 bits per heavy atom. The van der Waals surface area contributed by atoms with Crippen LogP contribution in [0.5, 0.6) is 0 Å². The smallest absolute Gasteiger partial charge is 0.293 e. The molecule has 2 amide bonds. The summed E-state index contributed by atoms with van der Waals surface area (Å²) < 4.78 is 5.79. The lowest BCUT2D eigenvalue weighted by Crippen LogP contribution is -2.27. The molecule has 0 unspecified atom stereocenters. The van der Waals surface area contributed by atoms with Crippen LogP contribution in [0.4, 0.5) is 10.5 Å². The van der Waals surface area contributed by atoms with Gasteiger partial charge in [0.1, 0.15) is 11.5 Å². The van der Waals surface area contributed by atoms with Gasteiger partial charge in [0.25, 0.3) is 16.8 Å². The number of rotatable bonds is 5. The van der Waals surface area contributed by atoms with Crippen LogP contribution < -0.4 is 0 Å². The van der Waals surface area contributed by atoms with Gasteiger partial charge in [-0.25, -0.2) is 0 Å². The summed E-state index contributed by atoms with van der Waals surface area (Å²) >= 11 is 0.875. The van der Waals surface area contributed by atoms with Crippen LogP contribution in [0.25, 0.3) is 28.2 Å². The second-order valence-corrected chi connectivity index (χ2v) is 8.41.